The van der Waals surface area contributed by atoms with Crippen molar-refractivity contribution in [2.24, 2.45) is 0 Å². The Hall–Kier alpha value is -1.78. The van der Waals surface area contributed by atoms with Crippen LogP contribution in [0.3, 0.4) is 0 Å². The second-order valence-corrected chi connectivity index (χ2v) is 2.49. The lowest BCUT2D eigenvalue weighted by Crippen LogP contribution is -2.08. The fourth-order valence-electron chi connectivity index (χ4n) is 0.878. The Morgan fingerprint density at radius 2 is 2.38 bits per heavy atom. The summed E-state index contributed by atoms with van der Waals surface area (Å²) in [6, 6.07) is 1.54. The predicted octanol–water partition coefficient (Wildman–Crippen LogP) is 0.631. The fraction of sp³-hybridized carbons (Fsp3) is 0.250. The number of hydrogen-bond donors (Lipinski definition) is 2. The highest BCUT2D eigenvalue weighted by Crippen LogP contribution is 2.21. The Labute approximate surface area is 75.9 Å². The summed E-state index contributed by atoms with van der Waals surface area (Å²) in [5, 5.41) is 2.51. The molecule has 1 aromatic rings. The molecular weight excluding hydrogens is 170 g/mol. The van der Waals surface area contributed by atoms with Crippen molar-refractivity contribution in [1.82, 2.24) is 4.98 Å². The van der Waals surface area contributed by atoms with Crippen molar-refractivity contribution in [3.8, 4) is 5.75 Å². The maximum absolute atomic E-state index is 10.7. The molecule has 0 bridgehead atoms. The summed E-state index contributed by atoms with van der Waals surface area (Å²) in [5.41, 5.74) is 6.04. The first-order valence-corrected chi connectivity index (χ1v) is 3.70. The minimum atomic E-state index is -0.183. The van der Waals surface area contributed by atoms with Crippen LogP contribution >= 0.6 is 0 Å². The molecule has 0 radical (unpaired) electrons. The fourth-order valence-corrected chi connectivity index (χ4v) is 0.878. The molecule has 3 N–H and O–H groups in total. The quantitative estimate of drug-likeness (QED) is 0.701. The Morgan fingerprint density at radius 1 is 1.69 bits per heavy atom. The highest BCUT2D eigenvalue weighted by atomic mass is 16.5. The van der Waals surface area contributed by atoms with E-state index in [1.54, 1.807) is 6.07 Å². The molecule has 0 aliphatic heterocycles. The van der Waals surface area contributed by atoms with Crippen LogP contribution in [0.25, 0.3) is 0 Å². The van der Waals surface area contributed by atoms with Crippen molar-refractivity contribution >= 4 is 17.4 Å². The van der Waals surface area contributed by atoms with E-state index in [0.29, 0.717) is 17.3 Å². The average molecular weight is 181 g/mol. The monoisotopic (exact) mass is 181 g/mol. The zero-order valence-electron chi connectivity index (χ0n) is 7.50. The first kappa shape index (κ1) is 9.31. The number of nitrogen functional groups attached to an aromatic ring is 1. The van der Waals surface area contributed by atoms with Gasteiger partial charge in [-0.3, -0.25) is 4.79 Å². The Bertz CT molecular complexity index is 325. The SMILES string of the molecule is COc1cnc(NC(C)=O)cc1N. The first-order valence-electron chi connectivity index (χ1n) is 3.70. The summed E-state index contributed by atoms with van der Waals surface area (Å²) in [6.45, 7) is 1.40. The molecule has 1 heterocycles. The lowest BCUT2D eigenvalue weighted by Gasteiger charge is -2.05. The molecule has 0 aliphatic carbocycles. The normalized spacial score (nSPS) is 9.38. The molecule has 0 saturated heterocycles. The van der Waals surface area contributed by atoms with Gasteiger partial charge in [0.05, 0.1) is 19.0 Å². The molecule has 0 aliphatic rings. The van der Waals surface area contributed by atoms with Crippen molar-refractivity contribution in [1.29, 1.82) is 0 Å². The molecule has 1 rings (SSSR count). The Balaban J connectivity index is 2.89. The number of rotatable bonds is 2. The molecule has 1 aromatic heterocycles. The third-order valence-corrected chi connectivity index (χ3v) is 1.42. The van der Waals surface area contributed by atoms with Crippen molar-refractivity contribution in [2.75, 3.05) is 18.2 Å². The molecule has 5 heteroatoms. The van der Waals surface area contributed by atoms with Gasteiger partial charge in [-0.25, -0.2) is 4.98 Å². The molecule has 0 unspecified atom stereocenters. The summed E-state index contributed by atoms with van der Waals surface area (Å²) < 4.78 is 4.90. The van der Waals surface area contributed by atoms with Crippen LogP contribution < -0.4 is 15.8 Å². The molecule has 0 saturated carbocycles. The largest absolute Gasteiger partial charge is 0.493 e. The Kier molecular flexibility index (Phi) is 2.69. The standard InChI is InChI=1S/C8H11N3O2/c1-5(12)11-8-3-6(9)7(13-2)4-10-8/h3-4H,1-2H3,(H3,9,10,11,12). The highest BCUT2D eigenvalue weighted by molar-refractivity contribution is 5.88. The van der Waals surface area contributed by atoms with Crippen molar-refractivity contribution in [3.63, 3.8) is 0 Å². The van der Waals surface area contributed by atoms with E-state index in [1.807, 2.05) is 0 Å². The van der Waals surface area contributed by atoms with Crippen LogP contribution in [0, 0.1) is 0 Å². The first-order chi connectivity index (χ1) is 6.13. The number of amides is 1. The summed E-state index contributed by atoms with van der Waals surface area (Å²) in [6.07, 6.45) is 1.46. The molecule has 0 fully saturated rings. The van der Waals surface area contributed by atoms with Gasteiger partial charge in [-0.15, -0.1) is 0 Å². The molecule has 0 aromatic carbocycles. The van der Waals surface area contributed by atoms with E-state index in [4.69, 9.17) is 10.5 Å². The number of carbonyl (C=O) groups is 1. The maximum atomic E-state index is 10.7. The number of nitrogens with two attached hydrogens (primary N) is 1. The molecule has 70 valence electrons. The molecule has 1 amide bonds. The van der Waals surface area contributed by atoms with Crippen LogP contribution in [0.5, 0.6) is 5.75 Å². The number of ether oxygens (including phenoxy) is 1. The zero-order chi connectivity index (χ0) is 9.84. The van der Waals surface area contributed by atoms with Crippen LogP contribution in [-0.2, 0) is 4.79 Å². The number of anilines is 2. The van der Waals surface area contributed by atoms with E-state index in [2.05, 4.69) is 10.3 Å². The van der Waals surface area contributed by atoms with E-state index < -0.39 is 0 Å². The average Bonchev–Trinajstić information content (AvgIpc) is 2.03. The number of hydrogen-bond acceptors (Lipinski definition) is 4. The smallest absolute Gasteiger partial charge is 0.222 e. The van der Waals surface area contributed by atoms with E-state index in [-0.39, 0.29) is 5.91 Å². The van der Waals surface area contributed by atoms with Gasteiger partial charge < -0.3 is 15.8 Å². The molecule has 13 heavy (non-hydrogen) atoms. The summed E-state index contributed by atoms with van der Waals surface area (Å²) in [5.74, 6) is 0.733. The third kappa shape index (κ3) is 2.33. The Morgan fingerprint density at radius 3 is 2.85 bits per heavy atom. The number of pyridine rings is 1. The van der Waals surface area contributed by atoms with Crippen LogP contribution in [0.1, 0.15) is 6.92 Å². The summed E-state index contributed by atoms with van der Waals surface area (Å²) in [7, 11) is 1.51. The number of methoxy groups -OCH3 is 1. The number of nitrogens with one attached hydrogen (secondary N) is 1. The van der Waals surface area contributed by atoms with Gasteiger partial charge >= 0.3 is 0 Å². The van der Waals surface area contributed by atoms with Gasteiger partial charge in [-0.05, 0) is 0 Å². The van der Waals surface area contributed by atoms with Crippen LogP contribution in [-0.4, -0.2) is 18.0 Å². The van der Waals surface area contributed by atoms with Crippen LogP contribution in [0.4, 0.5) is 11.5 Å². The molecular formula is C8H11N3O2. The topological polar surface area (TPSA) is 77.2 Å². The van der Waals surface area contributed by atoms with Gasteiger partial charge in [-0.1, -0.05) is 0 Å². The maximum Gasteiger partial charge on any atom is 0.222 e. The van der Waals surface area contributed by atoms with Crippen LogP contribution in [0.15, 0.2) is 12.3 Å². The number of carbonyl (C=O) groups excluding carboxylic acids is 1. The summed E-state index contributed by atoms with van der Waals surface area (Å²) in [4.78, 5) is 14.6. The van der Waals surface area contributed by atoms with E-state index in [9.17, 15) is 4.79 Å². The summed E-state index contributed by atoms with van der Waals surface area (Å²) >= 11 is 0. The number of aromatic nitrogens is 1. The van der Waals surface area contributed by atoms with E-state index in [1.165, 1.54) is 20.2 Å². The molecule has 0 spiro atoms. The zero-order valence-corrected chi connectivity index (χ0v) is 7.50. The van der Waals surface area contributed by atoms with Crippen LogP contribution in [0.2, 0.25) is 0 Å². The van der Waals surface area contributed by atoms with Gasteiger partial charge in [0.15, 0.2) is 5.75 Å². The van der Waals surface area contributed by atoms with Gasteiger partial charge in [0.2, 0.25) is 5.91 Å². The predicted molar refractivity (Wildman–Crippen MR) is 49.5 cm³/mol. The minimum absolute atomic E-state index is 0.183. The van der Waals surface area contributed by atoms with E-state index in [0.717, 1.165) is 0 Å². The van der Waals surface area contributed by atoms with Crippen molar-refractivity contribution < 1.29 is 9.53 Å². The van der Waals surface area contributed by atoms with Gasteiger partial charge in [-0.2, -0.15) is 0 Å². The lowest BCUT2D eigenvalue weighted by molar-refractivity contribution is -0.114. The lowest BCUT2D eigenvalue weighted by atomic mass is 10.3. The molecule has 5 nitrogen and oxygen atoms in total. The highest BCUT2D eigenvalue weighted by Gasteiger charge is 2.02. The van der Waals surface area contributed by atoms with E-state index >= 15 is 0 Å². The van der Waals surface area contributed by atoms with Crippen molar-refractivity contribution in [3.05, 3.63) is 12.3 Å². The number of nitrogens with zero attached hydrogens (tertiary/aromatic N) is 1. The molecule has 0 atom stereocenters. The van der Waals surface area contributed by atoms with Gasteiger partial charge in [0.1, 0.15) is 5.82 Å². The minimum Gasteiger partial charge on any atom is -0.493 e. The third-order valence-electron chi connectivity index (χ3n) is 1.42. The van der Waals surface area contributed by atoms with Crippen molar-refractivity contribution in [2.45, 2.75) is 6.92 Å². The van der Waals surface area contributed by atoms with Gasteiger partial charge in [0.25, 0.3) is 0 Å². The van der Waals surface area contributed by atoms with Gasteiger partial charge in [0, 0.05) is 13.0 Å². The second-order valence-electron chi connectivity index (χ2n) is 2.49. The second kappa shape index (κ2) is 3.75.